The molecule has 2 N–H and O–H groups in total. The topological polar surface area (TPSA) is 59.6 Å². The molecule has 0 radical (unpaired) electrons. The van der Waals surface area contributed by atoms with Gasteiger partial charge in [0.05, 0.1) is 16.1 Å². The lowest BCUT2D eigenvalue weighted by Gasteiger charge is -2.16. The van der Waals surface area contributed by atoms with Crippen LogP contribution in [0.5, 0.6) is 11.5 Å². The van der Waals surface area contributed by atoms with E-state index in [1.54, 1.807) is 0 Å². The molecule has 32 heavy (non-hydrogen) atoms. The highest BCUT2D eigenvalue weighted by atomic mass is 79.9. The van der Waals surface area contributed by atoms with Crippen LogP contribution in [0.15, 0.2) is 63.5 Å². The standard InChI is InChI=1S/C24H23Br2ClN2O3/c1-3-31-22-11-16(13-28-17-7-8-19(25)21(27)12-17)10-20(26)24(22)32-14-23(30)29-18-6-4-5-15(2)9-18/h4-12,28H,3,13-14H2,1-2H3,(H,29,30). The van der Waals surface area contributed by atoms with E-state index in [-0.39, 0.29) is 12.5 Å². The fraction of sp³-hybridized carbons (Fsp3) is 0.208. The quantitative estimate of drug-likeness (QED) is 0.280. The van der Waals surface area contributed by atoms with Gasteiger partial charge in [0.1, 0.15) is 0 Å². The van der Waals surface area contributed by atoms with Crippen LogP contribution in [0.25, 0.3) is 0 Å². The molecule has 168 valence electrons. The number of carbonyl (C=O) groups is 1. The Labute approximate surface area is 209 Å². The van der Waals surface area contributed by atoms with Crippen LogP contribution >= 0.6 is 43.5 Å². The Balaban J connectivity index is 1.67. The molecule has 0 unspecified atom stereocenters. The summed E-state index contributed by atoms with van der Waals surface area (Å²) < 4.78 is 13.1. The third-order valence-corrected chi connectivity index (χ3v) is 6.26. The van der Waals surface area contributed by atoms with Crippen LogP contribution in [-0.2, 0) is 11.3 Å². The van der Waals surface area contributed by atoms with Gasteiger partial charge in [-0.15, -0.1) is 0 Å². The first kappa shape index (κ1) is 24.4. The maximum absolute atomic E-state index is 12.3. The first-order chi connectivity index (χ1) is 15.4. The van der Waals surface area contributed by atoms with Crippen LogP contribution in [0.4, 0.5) is 11.4 Å². The molecule has 8 heteroatoms. The third kappa shape index (κ3) is 6.89. The van der Waals surface area contributed by atoms with Gasteiger partial charge in [0.2, 0.25) is 0 Å². The minimum atomic E-state index is -0.247. The molecule has 0 atom stereocenters. The number of hydrogen-bond donors (Lipinski definition) is 2. The highest BCUT2D eigenvalue weighted by Crippen LogP contribution is 2.37. The first-order valence-electron chi connectivity index (χ1n) is 9.99. The van der Waals surface area contributed by atoms with Crippen molar-refractivity contribution < 1.29 is 14.3 Å². The molecule has 0 aromatic heterocycles. The zero-order valence-corrected chi connectivity index (χ0v) is 21.6. The van der Waals surface area contributed by atoms with E-state index in [1.165, 1.54) is 0 Å². The molecule has 0 saturated carbocycles. The molecular formula is C24H23Br2ClN2O3. The van der Waals surface area contributed by atoms with Crippen LogP contribution in [0.2, 0.25) is 5.02 Å². The molecule has 1 amide bonds. The molecule has 0 aliphatic carbocycles. The maximum atomic E-state index is 12.3. The molecule has 5 nitrogen and oxygen atoms in total. The van der Waals surface area contributed by atoms with Crippen molar-refractivity contribution in [2.24, 2.45) is 0 Å². The molecule has 0 fully saturated rings. The summed E-state index contributed by atoms with van der Waals surface area (Å²) in [5, 5.41) is 6.82. The highest BCUT2D eigenvalue weighted by molar-refractivity contribution is 9.10. The fourth-order valence-electron chi connectivity index (χ4n) is 2.99. The van der Waals surface area contributed by atoms with Crippen molar-refractivity contribution >= 4 is 60.7 Å². The smallest absolute Gasteiger partial charge is 0.262 e. The normalized spacial score (nSPS) is 10.5. The lowest BCUT2D eigenvalue weighted by Crippen LogP contribution is -2.20. The summed E-state index contributed by atoms with van der Waals surface area (Å²) in [5.74, 6) is 0.806. The summed E-state index contributed by atoms with van der Waals surface area (Å²) in [6, 6.07) is 17.1. The molecule has 0 heterocycles. The molecule has 3 aromatic rings. The second-order valence-corrected chi connectivity index (χ2v) is 9.14. The Hall–Kier alpha value is -2.22. The summed E-state index contributed by atoms with van der Waals surface area (Å²) in [6.07, 6.45) is 0. The Kier molecular flexibility index (Phi) is 8.84. The van der Waals surface area contributed by atoms with Crippen LogP contribution in [-0.4, -0.2) is 19.1 Å². The minimum absolute atomic E-state index is 0.137. The summed E-state index contributed by atoms with van der Waals surface area (Å²) in [6.45, 7) is 4.76. The number of anilines is 2. The van der Waals surface area contributed by atoms with Gasteiger partial charge in [0.25, 0.3) is 5.91 Å². The third-order valence-electron chi connectivity index (χ3n) is 4.43. The van der Waals surface area contributed by atoms with Crippen LogP contribution in [0.1, 0.15) is 18.1 Å². The summed E-state index contributed by atoms with van der Waals surface area (Å²) in [7, 11) is 0. The van der Waals surface area contributed by atoms with Gasteiger partial charge in [-0.3, -0.25) is 4.79 Å². The van der Waals surface area contributed by atoms with Crippen LogP contribution in [0.3, 0.4) is 0 Å². The number of aryl methyl sites for hydroxylation is 1. The Morgan fingerprint density at radius 2 is 1.81 bits per heavy atom. The number of halogens is 3. The van der Waals surface area contributed by atoms with Crippen LogP contribution in [0, 0.1) is 6.92 Å². The zero-order valence-electron chi connectivity index (χ0n) is 17.7. The lowest BCUT2D eigenvalue weighted by molar-refractivity contribution is -0.118. The Bertz CT molecular complexity index is 1110. The number of hydrogen-bond acceptors (Lipinski definition) is 4. The molecule has 3 aromatic carbocycles. The van der Waals surface area contributed by atoms with Gasteiger partial charge < -0.3 is 20.1 Å². The van der Waals surface area contributed by atoms with Gasteiger partial charge in [-0.05, 0) is 99.3 Å². The second kappa shape index (κ2) is 11.6. The summed E-state index contributed by atoms with van der Waals surface area (Å²) >= 11 is 13.1. The molecule has 3 rings (SSSR count). The predicted octanol–water partition coefficient (Wildman–Crippen LogP) is 7.20. The maximum Gasteiger partial charge on any atom is 0.262 e. The fourth-order valence-corrected chi connectivity index (χ4v) is 4.03. The van der Waals surface area contributed by atoms with Gasteiger partial charge >= 0.3 is 0 Å². The average Bonchev–Trinajstić information content (AvgIpc) is 2.74. The van der Waals surface area contributed by atoms with Crippen molar-refractivity contribution in [2.45, 2.75) is 20.4 Å². The van der Waals surface area contributed by atoms with Crippen molar-refractivity contribution in [2.75, 3.05) is 23.8 Å². The predicted molar refractivity (Wildman–Crippen MR) is 137 cm³/mol. The molecule has 0 spiro atoms. The van der Waals surface area contributed by atoms with Gasteiger partial charge in [0, 0.05) is 22.4 Å². The summed E-state index contributed by atoms with van der Waals surface area (Å²) in [5.41, 5.74) is 3.69. The number of amides is 1. The molecule has 0 aliphatic rings. The van der Waals surface area contributed by atoms with E-state index in [1.807, 2.05) is 68.4 Å². The number of rotatable bonds is 9. The van der Waals surface area contributed by atoms with E-state index in [0.29, 0.717) is 34.1 Å². The van der Waals surface area contributed by atoms with Crippen molar-refractivity contribution in [3.05, 3.63) is 79.7 Å². The highest BCUT2D eigenvalue weighted by Gasteiger charge is 2.14. The number of carbonyl (C=O) groups excluding carboxylic acids is 1. The van der Waals surface area contributed by atoms with E-state index >= 15 is 0 Å². The van der Waals surface area contributed by atoms with Crippen molar-refractivity contribution in [1.29, 1.82) is 0 Å². The van der Waals surface area contributed by atoms with Gasteiger partial charge in [-0.25, -0.2) is 0 Å². The molecule has 0 aliphatic heterocycles. The van der Waals surface area contributed by atoms with Crippen LogP contribution < -0.4 is 20.1 Å². The van der Waals surface area contributed by atoms with E-state index in [2.05, 4.69) is 42.5 Å². The zero-order chi connectivity index (χ0) is 23.1. The Morgan fingerprint density at radius 1 is 1.00 bits per heavy atom. The molecule has 0 saturated heterocycles. The van der Waals surface area contributed by atoms with Crippen molar-refractivity contribution in [3.8, 4) is 11.5 Å². The second-order valence-electron chi connectivity index (χ2n) is 7.03. The average molecular weight is 583 g/mol. The lowest BCUT2D eigenvalue weighted by atomic mass is 10.2. The van der Waals surface area contributed by atoms with Crippen molar-refractivity contribution in [3.63, 3.8) is 0 Å². The SMILES string of the molecule is CCOc1cc(CNc2ccc(Br)c(Cl)c2)cc(Br)c1OCC(=O)Nc1cccc(C)c1. The number of nitrogens with one attached hydrogen (secondary N) is 2. The van der Waals surface area contributed by atoms with E-state index < -0.39 is 0 Å². The van der Waals surface area contributed by atoms with Gasteiger partial charge in [-0.2, -0.15) is 0 Å². The van der Waals surface area contributed by atoms with Crippen molar-refractivity contribution in [1.82, 2.24) is 0 Å². The van der Waals surface area contributed by atoms with Gasteiger partial charge in [-0.1, -0.05) is 23.7 Å². The Morgan fingerprint density at radius 3 is 2.53 bits per heavy atom. The monoisotopic (exact) mass is 580 g/mol. The summed E-state index contributed by atoms with van der Waals surface area (Å²) in [4.78, 5) is 12.3. The number of ether oxygens (including phenoxy) is 2. The molecule has 0 bridgehead atoms. The van der Waals surface area contributed by atoms with Gasteiger partial charge in [0.15, 0.2) is 18.1 Å². The largest absolute Gasteiger partial charge is 0.490 e. The molecular weight excluding hydrogens is 560 g/mol. The minimum Gasteiger partial charge on any atom is -0.490 e. The van der Waals surface area contributed by atoms with E-state index in [9.17, 15) is 4.79 Å². The first-order valence-corrected chi connectivity index (χ1v) is 12.0. The number of benzene rings is 3. The van der Waals surface area contributed by atoms with E-state index in [0.717, 1.165) is 27.0 Å². The van der Waals surface area contributed by atoms with E-state index in [4.69, 9.17) is 21.1 Å².